The average molecular weight is 359 g/mol. The minimum Gasteiger partial charge on any atom is -0.314 e. The Labute approximate surface area is 129 Å². The standard InChI is InChI=1S/C13H13BrClN3S/c14-8-1-4-10(11(15)7-8)13-18-17-12(19-13)5-6-16-9-2-3-9/h1,4,7,9,16H,2-3,5-6H2. The second kappa shape index (κ2) is 5.87. The Bertz CT molecular complexity index is 583. The third kappa shape index (κ3) is 3.54. The van der Waals surface area contributed by atoms with Gasteiger partial charge in [-0.2, -0.15) is 0 Å². The van der Waals surface area contributed by atoms with E-state index in [1.165, 1.54) is 12.8 Å². The molecule has 0 saturated heterocycles. The molecular formula is C13H13BrClN3S. The molecule has 1 N–H and O–H groups in total. The van der Waals surface area contributed by atoms with Crippen molar-refractivity contribution in [2.45, 2.75) is 25.3 Å². The number of hydrogen-bond acceptors (Lipinski definition) is 4. The number of hydrogen-bond donors (Lipinski definition) is 1. The molecule has 1 aliphatic rings. The lowest BCUT2D eigenvalue weighted by molar-refractivity contribution is 0.677. The van der Waals surface area contributed by atoms with Crippen LogP contribution in [-0.4, -0.2) is 22.8 Å². The highest BCUT2D eigenvalue weighted by Gasteiger charge is 2.20. The molecular weight excluding hydrogens is 346 g/mol. The lowest BCUT2D eigenvalue weighted by Crippen LogP contribution is -2.19. The van der Waals surface area contributed by atoms with Crippen LogP contribution in [0.15, 0.2) is 22.7 Å². The first kappa shape index (κ1) is 13.5. The first-order valence-corrected chi connectivity index (χ1v) is 8.22. The maximum atomic E-state index is 6.22. The van der Waals surface area contributed by atoms with E-state index >= 15 is 0 Å². The molecule has 6 heteroatoms. The predicted octanol–water partition coefficient (Wildman–Crippen LogP) is 3.92. The Morgan fingerprint density at radius 2 is 2.21 bits per heavy atom. The fourth-order valence-electron chi connectivity index (χ4n) is 1.80. The number of rotatable bonds is 5. The van der Waals surface area contributed by atoms with E-state index in [1.54, 1.807) is 11.3 Å². The summed E-state index contributed by atoms with van der Waals surface area (Å²) in [6, 6.07) is 6.57. The molecule has 0 aliphatic heterocycles. The smallest absolute Gasteiger partial charge is 0.149 e. The van der Waals surface area contributed by atoms with Gasteiger partial charge in [-0.05, 0) is 31.0 Å². The van der Waals surface area contributed by atoms with Gasteiger partial charge in [0.25, 0.3) is 0 Å². The molecule has 0 amide bonds. The minimum absolute atomic E-state index is 0.702. The van der Waals surface area contributed by atoms with Crippen LogP contribution < -0.4 is 5.32 Å². The predicted molar refractivity (Wildman–Crippen MR) is 82.8 cm³/mol. The van der Waals surface area contributed by atoms with Gasteiger partial charge in [-0.1, -0.05) is 38.9 Å². The Morgan fingerprint density at radius 1 is 1.37 bits per heavy atom. The van der Waals surface area contributed by atoms with E-state index in [0.717, 1.165) is 39.1 Å². The van der Waals surface area contributed by atoms with Crippen LogP contribution in [0.3, 0.4) is 0 Å². The molecule has 0 radical (unpaired) electrons. The van der Waals surface area contributed by atoms with Crippen molar-refractivity contribution in [2.75, 3.05) is 6.54 Å². The molecule has 0 spiro atoms. The molecule has 3 nitrogen and oxygen atoms in total. The van der Waals surface area contributed by atoms with E-state index in [4.69, 9.17) is 11.6 Å². The average Bonchev–Trinajstić information content (AvgIpc) is 3.07. The Kier molecular flexibility index (Phi) is 4.17. The molecule has 1 aromatic carbocycles. The van der Waals surface area contributed by atoms with Crippen LogP contribution in [0.2, 0.25) is 5.02 Å². The maximum Gasteiger partial charge on any atom is 0.149 e. The van der Waals surface area contributed by atoms with E-state index in [0.29, 0.717) is 5.02 Å². The molecule has 0 unspecified atom stereocenters. The second-order valence-corrected chi connectivity index (χ2v) is 6.99. The molecule has 19 heavy (non-hydrogen) atoms. The van der Waals surface area contributed by atoms with Crippen molar-refractivity contribution in [3.8, 4) is 10.6 Å². The lowest BCUT2D eigenvalue weighted by atomic mass is 10.2. The molecule has 1 saturated carbocycles. The van der Waals surface area contributed by atoms with E-state index in [2.05, 4.69) is 31.4 Å². The Hall–Kier alpha value is -0.490. The van der Waals surface area contributed by atoms with Crippen molar-refractivity contribution in [2.24, 2.45) is 0 Å². The fraction of sp³-hybridized carbons (Fsp3) is 0.385. The Morgan fingerprint density at radius 3 is 2.95 bits per heavy atom. The van der Waals surface area contributed by atoms with Crippen molar-refractivity contribution in [3.63, 3.8) is 0 Å². The molecule has 1 aliphatic carbocycles. The summed E-state index contributed by atoms with van der Waals surface area (Å²) in [5, 5.41) is 14.6. The fourth-order valence-corrected chi connectivity index (χ4v) is 3.49. The van der Waals surface area contributed by atoms with Gasteiger partial charge in [-0.25, -0.2) is 0 Å². The quantitative estimate of drug-likeness (QED) is 0.880. The third-order valence-corrected chi connectivity index (χ3v) is 4.80. The van der Waals surface area contributed by atoms with E-state index < -0.39 is 0 Å². The summed E-state index contributed by atoms with van der Waals surface area (Å²) in [5.74, 6) is 0. The SMILES string of the molecule is Clc1cc(Br)ccc1-c1nnc(CCNC2CC2)s1. The van der Waals surface area contributed by atoms with Crippen LogP contribution in [0.1, 0.15) is 17.8 Å². The maximum absolute atomic E-state index is 6.22. The number of benzene rings is 1. The molecule has 100 valence electrons. The van der Waals surface area contributed by atoms with Crippen LogP contribution in [0.25, 0.3) is 10.6 Å². The van der Waals surface area contributed by atoms with Gasteiger partial charge >= 0.3 is 0 Å². The molecule has 2 aromatic rings. The van der Waals surface area contributed by atoms with E-state index in [9.17, 15) is 0 Å². The van der Waals surface area contributed by atoms with Crippen LogP contribution in [0.4, 0.5) is 0 Å². The number of nitrogens with zero attached hydrogens (tertiary/aromatic N) is 2. The summed E-state index contributed by atoms with van der Waals surface area (Å²) < 4.78 is 0.972. The lowest BCUT2D eigenvalue weighted by Gasteiger charge is -2.00. The van der Waals surface area contributed by atoms with Crippen molar-refractivity contribution < 1.29 is 0 Å². The van der Waals surface area contributed by atoms with Crippen molar-refractivity contribution >= 4 is 38.9 Å². The van der Waals surface area contributed by atoms with Crippen LogP contribution in [0.5, 0.6) is 0 Å². The monoisotopic (exact) mass is 357 g/mol. The highest BCUT2D eigenvalue weighted by Crippen LogP contribution is 2.32. The highest BCUT2D eigenvalue weighted by atomic mass is 79.9. The van der Waals surface area contributed by atoms with E-state index in [-0.39, 0.29) is 0 Å². The molecule has 1 aromatic heterocycles. The second-order valence-electron chi connectivity index (χ2n) is 4.60. The number of halogens is 2. The molecule has 1 heterocycles. The zero-order valence-corrected chi connectivity index (χ0v) is 13.4. The van der Waals surface area contributed by atoms with Gasteiger partial charge in [-0.3, -0.25) is 0 Å². The number of aromatic nitrogens is 2. The summed E-state index contributed by atoms with van der Waals surface area (Å²) in [4.78, 5) is 0. The van der Waals surface area contributed by atoms with Crippen LogP contribution >= 0.6 is 38.9 Å². The molecule has 0 atom stereocenters. The van der Waals surface area contributed by atoms with E-state index in [1.807, 2.05) is 18.2 Å². The zero-order valence-electron chi connectivity index (χ0n) is 10.2. The minimum atomic E-state index is 0.702. The van der Waals surface area contributed by atoms with Gasteiger partial charge in [0.2, 0.25) is 0 Å². The summed E-state index contributed by atoms with van der Waals surface area (Å²) in [7, 11) is 0. The highest BCUT2D eigenvalue weighted by molar-refractivity contribution is 9.10. The van der Waals surface area contributed by atoms with Gasteiger partial charge in [0.1, 0.15) is 10.0 Å². The van der Waals surface area contributed by atoms with Crippen LogP contribution in [-0.2, 0) is 6.42 Å². The van der Waals surface area contributed by atoms with Gasteiger partial charge in [0.15, 0.2) is 0 Å². The molecule has 3 rings (SSSR count). The van der Waals surface area contributed by atoms with Crippen molar-refractivity contribution in [1.82, 2.24) is 15.5 Å². The van der Waals surface area contributed by atoms with Gasteiger partial charge in [0.05, 0.1) is 5.02 Å². The van der Waals surface area contributed by atoms with Gasteiger partial charge in [-0.15, -0.1) is 10.2 Å². The summed E-state index contributed by atoms with van der Waals surface area (Å²) >= 11 is 11.2. The summed E-state index contributed by atoms with van der Waals surface area (Å²) in [6.07, 6.45) is 3.56. The summed E-state index contributed by atoms with van der Waals surface area (Å²) in [6.45, 7) is 0.980. The number of nitrogens with one attached hydrogen (secondary N) is 1. The van der Waals surface area contributed by atoms with Gasteiger partial charge in [0, 0.05) is 29.0 Å². The third-order valence-electron chi connectivity index (χ3n) is 2.98. The normalized spacial score (nSPS) is 14.8. The Balaban J connectivity index is 1.68. The summed E-state index contributed by atoms with van der Waals surface area (Å²) in [5.41, 5.74) is 0.948. The first-order chi connectivity index (χ1) is 9.22. The topological polar surface area (TPSA) is 37.8 Å². The van der Waals surface area contributed by atoms with Crippen LogP contribution in [0, 0.1) is 0 Å². The largest absolute Gasteiger partial charge is 0.314 e. The van der Waals surface area contributed by atoms with Gasteiger partial charge < -0.3 is 5.32 Å². The zero-order chi connectivity index (χ0) is 13.2. The van der Waals surface area contributed by atoms with Crippen molar-refractivity contribution in [3.05, 3.63) is 32.7 Å². The molecule has 0 bridgehead atoms. The first-order valence-electron chi connectivity index (χ1n) is 6.23. The van der Waals surface area contributed by atoms with Crippen molar-refractivity contribution in [1.29, 1.82) is 0 Å². The molecule has 1 fully saturated rings.